The molecule has 0 atom stereocenters. The van der Waals surface area contributed by atoms with Crippen molar-refractivity contribution in [1.82, 2.24) is 14.2 Å². The number of benzene rings is 2. The SMILES string of the molecule is Cc1cc(C)c(-n2c(C)cc(C=Nn3c(C(C)(C)C)nc4ccc(Br)cc4c3=O)c2C)c(C)c1. The summed E-state index contributed by atoms with van der Waals surface area (Å²) in [7, 11) is 0. The molecular formula is C28H31BrN4O. The second kappa shape index (κ2) is 8.66. The van der Waals surface area contributed by atoms with Crippen molar-refractivity contribution in [1.29, 1.82) is 0 Å². The van der Waals surface area contributed by atoms with E-state index in [1.54, 1.807) is 12.3 Å². The number of hydrogen-bond donors (Lipinski definition) is 0. The van der Waals surface area contributed by atoms with Crippen LogP contribution in [0.1, 0.15) is 60.2 Å². The zero-order valence-corrected chi connectivity index (χ0v) is 22.7. The molecule has 5 nitrogen and oxygen atoms in total. The van der Waals surface area contributed by atoms with E-state index in [0.717, 1.165) is 21.4 Å². The fraction of sp³-hybridized carbons (Fsp3) is 0.321. The van der Waals surface area contributed by atoms with Gasteiger partial charge in [-0.2, -0.15) is 9.78 Å². The van der Waals surface area contributed by atoms with Gasteiger partial charge in [0.1, 0.15) is 5.82 Å². The number of aryl methyl sites for hydroxylation is 4. The second-order valence-corrected chi connectivity index (χ2v) is 11.0. The Hall–Kier alpha value is -2.99. The van der Waals surface area contributed by atoms with Crippen molar-refractivity contribution in [2.75, 3.05) is 0 Å². The van der Waals surface area contributed by atoms with E-state index in [4.69, 9.17) is 4.98 Å². The van der Waals surface area contributed by atoms with E-state index in [2.05, 4.69) is 78.4 Å². The van der Waals surface area contributed by atoms with E-state index in [1.165, 1.54) is 27.1 Å². The van der Waals surface area contributed by atoms with Gasteiger partial charge in [0.15, 0.2) is 0 Å². The molecule has 0 radical (unpaired) electrons. The smallest absolute Gasteiger partial charge is 0.282 e. The minimum Gasteiger partial charge on any atom is -0.317 e. The van der Waals surface area contributed by atoms with Gasteiger partial charge in [0.25, 0.3) is 5.56 Å². The fourth-order valence-electron chi connectivity index (χ4n) is 4.65. The van der Waals surface area contributed by atoms with Crippen LogP contribution in [0.4, 0.5) is 0 Å². The van der Waals surface area contributed by atoms with E-state index in [1.807, 2.05) is 32.9 Å². The van der Waals surface area contributed by atoms with Gasteiger partial charge >= 0.3 is 0 Å². The Balaban J connectivity index is 1.89. The fourth-order valence-corrected chi connectivity index (χ4v) is 5.01. The summed E-state index contributed by atoms with van der Waals surface area (Å²) in [5.74, 6) is 0.627. The van der Waals surface area contributed by atoms with Crippen LogP contribution in [-0.2, 0) is 5.41 Å². The summed E-state index contributed by atoms with van der Waals surface area (Å²) in [5, 5.41) is 5.22. The maximum atomic E-state index is 13.5. The molecule has 2 aromatic carbocycles. The quantitative estimate of drug-likeness (QED) is 0.284. The molecule has 6 heteroatoms. The third-order valence-corrected chi connectivity index (χ3v) is 6.61. The van der Waals surface area contributed by atoms with Crippen LogP contribution in [0.5, 0.6) is 0 Å². The van der Waals surface area contributed by atoms with Crippen LogP contribution in [0, 0.1) is 34.6 Å². The van der Waals surface area contributed by atoms with Crippen molar-refractivity contribution in [3.05, 3.63) is 90.7 Å². The Labute approximate surface area is 209 Å². The number of aromatic nitrogens is 3. The van der Waals surface area contributed by atoms with Gasteiger partial charge in [-0.1, -0.05) is 54.4 Å². The first-order valence-corrected chi connectivity index (χ1v) is 12.2. The topological polar surface area (TPSA) is 52.2 Å². The predicted octanol–water partition coefficient (Wildman–Crippen LogP) is 6.67. The summed E-state index contributed by atoms with van der Waals surface area (Å²) < 4.78 is 4.56. The molecule has 0 aliphatic heterocycles. The summed E-state index contributed by atoms with van der Waals surface area (Å²) in [6.07, 6.45) is 1.78. The maximum Gasteiger partial charge on any atom is 0.282 e. The first kappa shape index (κ1) is 24.1. The lowest BCUT2D eigenvalue weighted by molar-refractivity contribution is 0.506. The molecule has 0 aliphatic rings. The molecule has 0 aliphatic carbocycles. The van der Waals surface area contributed by atoms with Crippen molar-refractivity contribution < 1.29 is 0 Å². The molecule has 0 amide bonds. The molecule has 176 valence electrons. The van der Waals surface area contributed by atoms with Crippen molar-refractivity contribution in [3.8, 4) is 5.69 Å². The van der Waals surface area contributed by atoms with Crippen molar-refractivity contribution in [3.63, 3.8) is 0 Å². The van der Waals surface area contributed by atoms with E-state index < -0.39 is 0 Å². The largest absolute Gasteiger partial charge is 0.317 e. The highest BCUT2D eigenvalue weighted by Gasteiger charge is 2.23. The van der Waals surface area contributed by atoms with Crippen LogP contribution >= 0.6 is 15.9 Å². The zero-order chi connectivity index (χ0) is 24.9. The van der Waals surface area contributed by atoms with Gasteiger partial charge in [0.2, 0.25) is 0 Å². The van der Waals surface area contributed by atoms with Gasteiger partial charge in [-0.05, 0) is 70.0 Å². The van der Waals surface area contributed by atoms with Gasteiger partial charge in [-0.25, -0.2) is 4.98 Å². The molecule has 0 spiro atoms. The van der Waals surface area contributed by atoms with Gasteiger partial charge in [0, 0.05) is 26.8 Å². The lowest BCUT2D eigenvalue weighted by atomic mass is 9.95. The maximum absolute atomic E-state index is 13.5. The monoisotopic (exact) mass is 518 g/mol. The lowest BCUT2D eigenvalue weighted by Gasteiger charge is -2.20. The van der Waals surface area contributed by atoms with Gasteiger partial charge < -0.3 is 4.57 Å². The highest BCUT2D eigenvalue weighted by Crippen LogP contribution is 2.27. The van der Waals surface area contributed by atoms with Crippen molar-refractivity contribution in [2.45, 2.75) is 60.8 Å². The summed E-state index contributed by atoms with van der Waals surface area (Å²) in [6.45, 7) is 16.7. The first-order valence-electron chi connectivity index (χ1n) is 11.4. The molecule has 0 fully saturated rings. The molecule has 2 aromatic heterocycles. The highest BCUT2D eigenvalue weighted by atomic mass is 79.9. The summed E-state index contributed by atoms with van der Waals surface area (Å²) in [4.78, 5) is 18.3. The van der Waals surface area contributed by atoms with Crippen LogP contribution in [0.2, 0.25) is 0 Å². The van der Waals surface area contributed by atoms with E-state index in [-0.39, 0.29) is 11.0 Å². The Bertz CT molecular complexity index is 1490. The van der Waals surface area contributed by atoms with Gasteiger partial charge in [-0.15, -0.1) is 0 Å². The Morgan fingerprint density at radius 3 is 2.24 bits per heavy atom. The summed E-state index contributed by atoms with van der Waals surface area (Å²) >= 11 is 3.47. The predicted molar refractivity (Wildman–Crippen MR) is 145 cm³/mol. The molecule has 4 rings (SSSR count). The normalized spacial score (nSPS) is 12.3. The molecule has 0 unspecified atom stereocenters. The third-order valence-electron chi connectivity index (χ3n) is 6.12. The molecular weight excluding hydrogens is 488 g/mol. The third kappa shape index (κ3) is 4.27. The van der Waals surface area contributed by atoms with Gasteiger partial charge in [-0.3, -0.25) is 4.79 Å². The molecule has 34 heavy (non-hydrogen) atoms. The lowest BCUT2D eigenvalue weighted by Crippen LogP contribution is -2.29. The molecule has 2 heterocycles. The Morgan fingerprint density at radius 2 is 1.62 bits per heavy atom. The average molecular weight is 519 g/mol. The van der Waals surface area contributed by atoms with Crippen molar-refractivity contribution in [2.24, 2.45) is 5.10 Å². The first-order chi connectivity index (χ1) is 15.9. The van der Waals surface area contributed by atoms with E-state index >= 15 is 0 Å². The number of hydrogen-bond acceptors (Lipinski definition) is 3. The van der Waals surface area contributed by atoms with Crippen LogP contribution in [-0.4, -0.2) is 20.4 Å². The number of nitrogens with zero attached hydrogens (tertiary/aromatic N) is 4. The van der Waals surface area contributed by atoms with Crippen LogP contribution < -0.4 is 5.56 Å². The average Bonchev–Trinajstić information content (AvgIpc) is 3.00. The minimum atomic E-state index is -0.356. The summed E-state index contributed by atoms with van der Waals surface area (Å²) in [5.41, 5.74) is 8.24. The molecule has 4 aromatic rings. The highest BCUT2D eigenvalue weighted by molar-refractivity contribution is 9.10. The number of fused-ring (bicyclic) bond motifs is 1. The zero-order valence-electron chi connectivity index (χ0n) is 21.1. The second-order valence-electron chi connectivity index (χ2n) is 10.1. The van der Waals surface area contributed by atoms with E-state index in [0.29, 0.717) is 16.7 Å². The van der Waals surface area contributed by atoms with E-state index in [9.17, 15) is 4.79 Å². The van der Waals surface area contributed by atoms with Crippen molar-refractivity contribution >= 4 is 33.0 Å². The van der Waals surface area contributed by atoms with Crippen LogP contribution in [0.15, 0.2) is 50.8 Å². The van der Waals surface area contributed by atoms with Crippen LogP contribution in [0.25, 0.3) is 16.6 Å². The minimum absolute atomic E-state index is 0.175. The molecule has 0 N–H and O–H groups in total. The van der Waals surface area contributed by atoms with Crippen LogP contribution in [0.3, 0.4) is 0 Å². The Morgan fingerprint density at radius 1 is 0.971 bits per heavy atom. The summed E-state index contributed by atoms with van der Waals surface area (Å²) in [6, 6.07) is 12.1. The molecule has 0 bridgehead atoms. The standard InChI is InChI=1S/C28H31BrN4O/c1-16-11-17(2)25(18(3)12-16)32-19(4)13-21(20(32)5)15-30-33-26(34)23-14-22(29)9-10-24(23)31-27(33)28(6,7)8/h9-15H,1-8H3. The number of rotatable bonds is 3. The molecule has 0 saturated heterocycles. The number of halogens is 1. The van der Waals surface area contributed by atoms with Gasteiger partial charge in [0.05, 0.1) is 22.8 Å². The molecule has 0 saturated carbocycles. The Kier molecular flexibility index (Phi) is 6.15.